The van der Waals surface area contributed by atoms with E-state index in [1.807, 2.05) is 0 Å². The van der Waals surface area contributed by atoms with Crippen molar-refractivity contribution in [1.82, 2.24) is 0 Å². The van der Waals surface area contributed by atoms with Crippen molar-refractivity contribution in [2.24, 2.45) is 28.9 Å². The zero-order chi connectivity index (χ0) is 10.2. The maximum absolute atomic E-state index is 5.94. The van der Waals surface area contributed by atoms with Gasteiger partial charge in [-0.25, -0.2) is 0 Å². The van der Waals surface area contributed by atoms with Crippen LogP contribution in [0.15, 0.2) is 12.7 Å². The Hall–Kier alpha value is -0.300. The third kappa shape index (κ3) is 1.52. The summed E-state index contributed by atoms with van der Waals surface area (Å²) in [5, 5.41) is 0. The molecule has 0 saturated heterocycles. The first kappa shape index (κ1) is 10.2. The van der Waals surface area contributed by atoms with E-state index in [1.165, 1.54) is 32.1 Å². The number of nitrogens with two attached hydrogens (primary N) is 1. The molecular formula is C13H23N. The fraction of sp³-hybridized carbons (Fsp3) is 0.846. The lowest BCUT2D eigenvalue weighted by atomic mass is 9.69. The summed E-state index contributed by atoms with van der Waals surface area (Å²) >= 11 is 0. The first-order chi connectivity index (χ1) is 6.69. The van der Waals surface area contributed by atoms with Crippen LogP contribution in [0.4, 0.5) is 0 Å². The summed E-state index contributed by atoms with van der Waals surface area (Å²) < 4.78 is 0. The molecule has 0 aliphatic heterocycles. The maximum Gasteiger partial charge on any atom is -0.00175 e. The summed E-state index contributed by atoms with van der Waals surface area (Å²) in [7, 11) is 0. The Bertz CT molecular complexity index is 223. The summed E-state index contributed by atoms with van der Waals surface area (Å²) in [6, 6.07) is 0. The molecule has 2 saturated carbocycles. The molecule has 1 nitrogen and oxygen atoms in total. The van der Waals surface area contributed by atoms with Gasteiger partial charge in [0.2, 0.25) is 0 Å². The summed E-state index contributed by atoms with van der Waals surface area (Å²) in [4.78, 5) is 0. The minimum absolute atomic E-state index is 0.332. The second kappa shape index (κ2) is 3.69. The molecule has 0 aromatic rings. The van der Waals surface area contributed by atoms with Crippen molar-refractivity contribution in [3.05, 3.63) is 12.7 Å². The van der Waals surface area contributed by atoms with Gasteiger partial charge in [0.25, 0.3) is 0 Å². The van der Waals surface area contributed by atoms with Crippen LogP contribution in [0.5, 0.6) is 0 Å². The molecule has 2 aliphatic carbocycles. The van der Waals surface area contributed by atoms with Crippen LogP contribution in [0.25, 0.3) is 0 Å². The Morgan fingerprint density at radius 3 is 2.57 bits per heavy atom. The second-order valence-electron chi connectivity index (χ2n) is 5.57. The van der Waals surface area contributed by atoms with E-state index in [-0.39, 0.29) is 0 Å². The fourth-order valence-electron chi connectivity index (χ4n) is 3.27. The molecular weight excluding hydrogens is 170 g/mol. The highest BCUT2D eigenvalue weighted by molar-refractivity contribution is 5.00. The number of rotatable bonds is 2. The highest BCUT2D eigenvalue weighted by Crippen LogP contribution is 2.51. The predicted molar refractivity (Wildman–Crippen MR) is 60.9 cm³/mol. The van der Waals surface area contributed by atoms with Crippen LogP contribution in [0.1, 0.15) is 39.0 Å². The molecule has 0 aromatic carbocycles. The SMILES string of the molecule is C=CC1CC2CCC2CCC1(C)CN. The lowest BCUT2D eigenvalue weighted by Gasteiger charge is -2.37. The Labute approximate surface area is 87.8 Å². The molecule has 0 aromatic heterocycles. The number of hydrogen-bond acceptors (Lipinski definition) is 1. The molecule has 2 rings (SSSR count). The van der Waals surface area contributed by atoms with Crippen LogP contribution in [0.2, 0.25) is 0 Å². The average Bonchev–Trinajstić information content (AvgIpc) is 2.25. The van der Waals surface area contributed by atoms with Crippen molar-refractivity contribution < 1.29 is 0 Å². The van der Waals surface area contributed by atoms with Gasteiger partial charge in [-0.05, 0) is 61.8 Å². The number of hydrogen-bond donors (Lipinski definition) is 1. The van der Waals surface area contributed by atoms with E-state index in [0.29, 0.717) is 11.3 Å². The molecule has 2 N–H and O–H groups in total. The van der Waals surface area contributed by atoms with Gasteiger partial charge >= 0.3 is 0 Å². The lowest BCUT2D eigenvalue weighted by Crippen LogP contribution is -2.34. The molecule has 0 radical (unpaired) electrons. The molecule has 0 amide bonds. The van der Waals surface area contributed by atoms with E-state index in [9.17, 15) is 0 Å². The van der Waals surface area contributed by atoms with Gasteiger partial charge in [-0.3, -0.25) is 0 Å². The van der Waals surface area contributed by atoms with Gasteiger partial charge in [0.1, 0.15) is 0 Å². The molecule has 1 heteroatoms. The molecule has 0 heterocycles. The Kier molecular flexibility index (Phi) is 2.70. The van der Waals surface area contributed by atoms with E-state index in [2.05, 4.69) is 19.6 Å². The van der Waals surface area contributed by atoms with Crippen LogP contribution in [-0.2, 0) is 0 Å². The minimum Gasteiger partial charge on any atom is -0.330 e. The van der Waals surface area contributed by atoms with Crippen molar-refractivity contribution in [1.29, 1.82) is 0 Å². The van der Waals surface area contributed by atoms with E-state index in [4.69, 9.17) is 5.73 Å². The average molecular weight is 193 g/mol. The minimum atomic E-state index is 0.332. The Morgan fingerprint density at radius 2 is 2.07 bits per heavy atom. The third-order valence-electron chi connectivity index (χ3n) is 4.86. The van der Waals surface area contributed by atoms with Crippen LogP contribution in [0, 0.1) is 23.2 Å². The predicted octanol–water partition coefficient (Wildman–Crippen LogP) is 2.96. The van der Waals surface area contributed by atoms with Gasteiger partial charge < -0.3 is 5.73 Å². The van der Waals surface area contributed by atoms with Crippen molar-refractivity contribution in [2.75, 3.05) is 6.54 Å². The third-order valence-corrected chi connectivity index (χ3v) is 4.86. The zero-order valence-electron chi connectivity index (χ0n) is 9.34. The summed E-state index contributed by atoms with van der Waals surface area (Å²) in [6.45, 7) is 7.17. The Morgan fingerprint density at radius 1 is 1.36 bits per heavy atom. The molecule has 4 atom stereocenters. The van der Waals surface area contributed by atoms with Crippen LogP contribution < -0.4 is 5.73 Å². The van der Waals surface area contributed by atoms with Gasteiger partial charge in [-0.2, -0.15) is 0 Å². The Balaban J connectivity index is 2.13. The molecule has 0 spiro atoms. The molecule has 2 aliphatic rings. The van der Waals surface area contributed by atoms with Gasteiger partial charge in [-0.1, -0.05) is 13.0 Å². The fourth-order valence-corrected chi connectivity index (χ4v) is 3.27. The first-order valence-electron chi connectivity index (χ1n) is 6.02. The van der Waals surface area contributed by atoms with E-state index in [0.717, 1.165) is 18.4 Å². The highest BCUT2D eigenvalue weighted by atomic mass is 14.6. The van der Waals surface area contributed by atoms with Crippen LogP contribution >= 0.6 is 0 Å². The van der Waals surface area contributed by atoms with Crippen LogP contribution in [0.3, 0.4) is 0 Å². The monoisotopic (exact) mass is 193 g/mol. The van der Waals surface area contributed by atoms with Crippen molar-refractivity contribution in [2.45, 2.75) is 39.0 Å². The van der Waals surface area contributed by atoms with E-state index < -0.39 is 0 Å². The molecule has 14 heavy (non-hydrogen) atoms. The zero-order valence-corrected chi connectivity index (χ0v) is 9.34. The number of allylic oxidation sites excluding steroid dienone is 1. The standard InChI is InChI=1S/C13H23N/c1-3-12-8-11-5-4-10(11)6-7-13(12,2)9-14/h3,10-12H,1,4-9,14H2,2H3. The van der Waals surface area contributed by atoms with Gasteiger partial charge in [-0.15, -0.1) is 6.58 Å². The van der Waals surface area contributed by atoms with Gasteiger partial charge in [0.15, 0.2) is 0 Å². The molecule has 80 valence electrons. The molecule has 2 fully saturated rings. The first-order valence-corrected chi connectivity index (χ1v) is 6.02. The molecule has 4 unspecified atom stereocenters. The van der Waals surface area contributed by atoms with E-state index in [1.54, 1.807) is 0 Å². The second-order valence-corrected chi connectivity index (χ2v) is 5.57. The molecule has 0 bridgehead atoms. The quantitative estimate of drug-likeness (QED) is 0.670. The van der Waals surface area contributed by atoms with E-state index >= 15 is 0 Å². The van der Waals surface area contributed by atoms with Crippen molar-refractivity contribution in [3.63, 3.8) is 0 Å². The largest absolute Gasteiger partial charge is 0.330 e. The lowest BCUT2D eigenvalue weighted by molar-refractivity contribution is 0.153. The van der Waals surface area contributed by atoms with Crippen molar-refractivity contribution in [3.8, 4) is 0 Å². The van der Waals surface area contributed by atoms with Crippen molar-refractivity contribution >= 4 is 0 Å². The number of fused-ring (bicyclic) bond motifs is 1. The van der Waals surface area contributed by atoms with Crippen LogP contribution in [-0.4, -0.2) is 6.54 Å². The topological polar surface area (TPSA) is 26.0 Å². The summed E-state index contributed by atoms with van der Waals surface area (Å²) in [5.74, 6) is 2.67. The van der Waals surface area contributed by atoms with Gasteiger partial charge in [0.05, 0.1) is 0 Å². The van der Waals surface area contributed by atoms with Gasteiger partial charge in [0, 0.05) is 0 Å². The summed E-state index contributed by atoms with van der Waals surface area (Å²) in [6.07, 6.45) is 9.14. The smallest absolute Gasteiger partial charge is 0.00175 e. The maximum atomic E-state index is 5.94. The normalized spacial score (nSPS) is 47.4. The summed E-state index contributed by atoms with van der Waals surface area (Å²) in [5.41, 5.74) is 6.27. The highest BCUT2D eigenvalue weighted by Gasteiger charge is 2.42.